The van der Waals surface area contributed by atoms with Gasteiger partial charge in [0.1, 0.15) is 0 Å². The third-order valence-corrected chi connectivity index (χ3v) is 5.53. The minimum Gasteiger partial charge on any atom is -0.339 e. The van der Waals surface area contributed by atoms with Gasteiger partial charge < -0.3 is 9.42 Å². The highest BCUT2D eigenvalue weighted by Crippen LogP contribution is 2.24. The molecule has 0 unspecified atom stereocenters. The van der Waals surface area contributed by atoms with Gasteiger partial charge in [0.05, 0.1) is 11.5 Å². The second-order valence-corrected chi connectivity index (χ2v) is 7.33. The Bertz CT molecular complexity index is 668. The SMILES string of the molecule is CCN(C(=O)CSCc1nc(-c2ccccc2)no1)C1CCCCC1. The van der Waals surface area contributed by atoms with Crippen LogP contribution < -0.4 is 0 Å². The number of rotatable bonds is 7. The van der Waals surface area contributed by atoms with Crippen LogP contribution >= 0.6 is 11.8 Å². The topological polar surface area (TPSA) is 59.2 Å². The lowest BCUT2D eigenvalue weighted by atomic mass is 9.94. The average molecular weight is 359 g/mol. The highest BCUT2D eigenvalue weighted by Gasteiger charge is 2.23. The summed E-state index contributed by atoms with van der Waals surface area (Å²) < 4.78 is 5.30. The number of aromatic nitrogens is 2. The van der Waals surface area contributed by atoms with E-state index in [1.807, 2.05) is 30.3 Å². The van der Waals surface area contributed by atoms with Gasteiger partial charge in [0.2, 0.25) is 17.6 Å². The molecule has 1 aliphatic rings. The lowest BCUT2D eigenvalue weighted by molar-refractivity contribution is -0.131. The number of carbonyl (C=O) groups is 1. The van der Waals surface area contributed by atoms with Crippen LogP contribution in [0.4, 0.5) is 0 Å². The van der Waals surface area contributed by atoms with Crippen LogP contribution in [0.25, 0.3) is 11.4 Å². The van der Waals surface area contributed by atoms with E-state index in [4.69, 9.17) is 4.52 Å². The van der Waals surface area contributed by atoms with E-state index >= 15 is 0 Å². The number of carbonyl (C=O) groups excluding carboxylic acids is 1. The van der Waals surface area contributed by atoms with Gasteiger partial charge in [0.25, 0.3) is 0 Å². The molecule has 6 heteroatoms. The number of nitrogens with zero attached hydrogens (tertiary/aromatic N) is 3. The summed E-state index contributed by atoms with van der Waals surface area (Å²) in [5, 5.41) is 4.01. The van der Waals surface area contributed by atoms with Crippen molar-refractivity contribution in [2.45, 2.75) is 50.8 Å². The van der Waals surface area contributed by atoms with Gasteiger partial charge in [-0.2, -0.15) is 4.98 Å². The Hall–Kier alpha value is -1.82. The van der Waals surface area contributed by atoms with E-state index in [0.29, 0.717) is 29.3 Å². The molecule has 2 aromatic rings. The number of hydrogen-bond acceptors (Lipinski definition) is 5. The highest BCUT2D eigenvalue weighted by molar-refractivity contribution is 7.99. The summed E-state index contributed by atoms with van der Waals surface area (Å²) in [6.45, 7) is 2.87. The van der Waals surface area contributed by atoms with Crippen molar-refractivity contribution in [3.8, 4) is 11.4 Å². The first kappa shape index (κ1) is 18.0. The molecule has 0 atom stereocenters. The fourth-order valence-electron chi connectivity index (χ4n) is 3.36. The molecule has 1 heterocycles. The van der Waals surface area contributed by atoms with Gasteiger partial charge in [-0.1, -0.05) is 54.8 Å². The lowest BCUT2D eigenvalue weighted by Crippen LogP contribution is -2.42. The smallest absolute Gasteiger partial charge is 0.236 e. The fraction of sp³-hybridized carbons (Fsp3) is 0.526. The van der Waals surface area contributed by atoms with Gasteiger partial charge in [-0.3, -0.25) is 4.79 Å². The number of hydrogen-bond donors (Lipinski definition) is 0. The number of thioether (sulfide) groups is 1. The summed E-state index contributed by atoms with van der Waals surface area (Å²) in [4.78, 5) is 19.0. The molecule has 1 aromatic carbocycles. The Morgan fingerprint density at radius 1 is 1.24 bits per heavy atom. The highest BCUT2D eigenvalue weighted by atomic mass is 32.2. The van der Waals surface area contributed by atoms with E-state index in [9.17, 15) is 4.79 Å². The molecule has 1 amide bonds. The second-order valence-electron chi connectivity index (χ2n) is 6.34. The minimum absolute atomic E-state index is 0.224. The number of benzene rings is 1. The standard InChI is InChI=1S/C19H25N3O2S/c1-2-22(16-11-7-4-8-12-16)18(23)14-25-13-17-20-19(21-24-17)15-9-5-3-6-10-15/h3,5-6,9-10,16H,2,4,7-8,11-14H2,1H3. The predicted molar refractivity (Wildman–Crippen MR) is 100 cm³/mol. The molecule has 0 radical (unpaired) electrons. The molecular formula is C19H25N3O2S. The van der Waals surface area contributed by atoms with Crippen molar-refractivity contribution in [2.24, 2.45) is 0 Å². The molecule has 0 N–H and O–H groups in total. The Balaban J connectivity index is 1.49. The Morgan fingerprint density at radius 3 is 2.72 bits per heavy atom. The van der Waals surface area contributed by atoms with E-state index < -0.39 is 0 Å². The van der Waals surface area contributed by atoms with Crippen molar-refractivity contribution in [1.29, 1.82) is 0 Å². The van der Waals surface area contributed by atoms with Gasteiger partial charge in [-0.05, 0) is 19.8 Å². The molecule has 0 bridgehead atoms. The zero-order valence-electron chi connectivity index (χ0n) is 14.7. The molecule has 1 fully saturated rings. The zero-order valence-corrected chi connectivity index (χ0v) is 15.5. The van der Waals surface area contributed by atoms with Crippen molar-refractivity contribution in [3.05, 3.63) is 36.2 Å². The van der Waals surface area contributed by atoms with Crippen LogP contribution in [0.2, 0.25) is 0 Å². The molecule has 1 aromatic heterocycles. The number of amides is 1. The lowest BCUT2D eigenvalue weighted by Gasteiger charge is -2.33. The molecule has 0 aliphatic heterocycles. The van der Waals surface area contributed by atoms with Crippen LogP contribution in [-0.2, 0) is 10.5 Å². The van der Waals surface area contributed by atoms with E-state index in [-0.39, 0.29) is 5.91 Å². The first-order chi connectivity index (χ1) is 12.3. The van der Waals surface area contributed by atoms with Crippen molar-refractivity contribution >= 4 is 17.7 Å². The van der Waals surface area contributed by atoms with Gasteiger partial charge in [-0.25, -0.2) is 0 Å². The zero-order chi connectivity index (χ0) is 17.5. The quantitative estimate of drug-likeness (QED) is 0.743. The molecule has 0 spiro atoms. The maximum absolute atomic E-state index is 12.5. The Morgan fingerprint density at radius 2 is 2.00 bits per heavy atom. The summed E-state index contributed by atoms with van der Waals surface area (Å²) in [5.74, 6) is 2.42. The summed E-state index contributed by atoms with van der Waals surface area (Å²) in [5.41, 5.74) is 0.938. The van der Waals surface area contributed by atoms with Gasteiger partial charge >= 0.3 is 0 Å². The van der Waals surface area contributed by atoms with Crippen LogP contribution in [0.15, 0.2) is 34.9 Å². The average Bonchev–Trinajstić information content (AvgIpc) is 3.13. The van der Waals surface area contributed by atoms with Crippen molar-refractivity contribution < 1.29 is 9.32 Å². The van der Waals surface area contributed by atoms with Crippen LogP contribution in [0.3, 0.4) is 0 Å². The second kappa shape index (κ2) is 9.04. The third kappa shape index (κ3) is 4.84. The van der Waals surface area contributed by atoms with Gasteiger partial charge in [0, 0.05) is 18.2 Å². The molecule has 5 nitrogen and oxygen atoms in total. The molecule has 25 heavy (non-hydrogen) atoms. The normalized spacial score (nSPS) is 15.2. The molecular weight excluding hydrogens is 334 g/mol. The Kier molecular flexibility index (Phi) is 6.50. The van der Waals surface area contributed by atoms with E-state index in [1.54, 1.807) is 11.8 Å². The summed E-state index contributed by atoms with van der Waals surface area (Å²) in [6.07, 6.45) is 6.08. The third-order valence-electron chi connectivity index (χ3n) is 4.63. The summed E-state index contributed by atoms with van der Waals surface area (Å²) in [7, 11) is 0. The maximum atomic E-state index is 12.5. The van der Waals surface area contributed by atoms with Crippen molar-refractivity contribution in [1.82, 2.24) is 15.0 Å². The van der Waals surface area contributed by atoms with Crippen LogP contribution in [-0.4, -0.2) is 39.3 Å². The predicted octanol–water partition coefficient (Wildman–Crippen LogP) is 4.15. The van der Waals surface area contributed by atoms with Crippen LogP contribution in [0.5, 0.6) is 0 Å². The molecule has 134 valence electrons. The van der Waals surface area contributed by atoms with Crippen LogP contribution in [0.1, 0.15) is 44.9 Å². The molecule has 1 aliphatic carbocycles. The van der Waals surface area contributed by atoms with Crippen LogP contribution in [0, 0.1) is 0 Å². The summed E-state index contributed by atoms with van der Waals surface area (Å²) in [6, 6.07) is 10.2. The van der Waals surface area contributed by atoms with E-state index in [1.165, 1.54) is 19.3 Å². The Labute approximate surface area is 153 Å². The first-order valence-electron chi connectivity index (χ1n) is 9.03. The molecule has 0 saturated heterocycles. The largest absolute Gasteiger partial charge is 0.339 e. The minimum atomic E-state index is 0.224. The van der Waals surface area contributed by atoms with Gasteiger partial charge in [-0.15, -0.1) is 11.8 Å². The van der Waals surface area contributed by atoms with Crippen molar-refractivity contribution in [2.75, 3.05) is 12.3 Å². The molecule has 1 saturated carbocycles. The van der Waals surface area contributed by atoms with Gasteiger partial charge in [0.15, 0.2) is 0 Å². The monoisotopic (exact) mass is 359 g/mol. The van der Waals surface area contributed by atoms with Crippen molar-refractivity contribution in [3.63, 3.8) is 0 Å². The molecule has 3 rings (SSSR count). The fourth-order valence-corrected chi connectivity index (χ4v) is 4.09. The van der Waals surface area contributed by atoms with E-state index in [0.717, 1.165) is 24.9 Å². The van der Waals surface area contributed by atoms with E-state index in [2.05, 4.69) is 22.0 Å². The maximum Gasteiger partial charge on any atom is 0.236 e. The first-order valence-corrected chi connectivity index (χ1v) is 10.2. The summed E-state index contributed by atoms with van der Waals surface area (Å²) >= 11 is 1.54.